The number of anilines is 1. The number of rotatable bonds is 2. The number of amides is 1. The lowest BCUT2D eigenvalue weighted by Crippen LogP contribution is -2.27. The Labute approximate surface area is 130 Å². The van der Waals surface area contributed by atoms with Gasteiger partial charge >= 0.3 is 0 Å². The summed E-state index contributed by atoms with van der Waals surface area (Å²) in [5, 5.41) is 0.995. The second-order valence-electron chi connectivity index (χ2n) is 6.12. The van der Waals surface area contributed by atoms with E-state index < -0.39 is 0 Å². The molecule has 2 fully saturated rings. The molecule has 0 spiro atoms. The Balaban J connectivity index is 1.75. The van der Waals surface area contributed by atoms with Gasteiger partial charge in [0.2, 0.25) is 0 Å². The second-order valence-corrected chi connectivity index (χ2v) is 6.12. The first-order chi connectivity index (χ1) is 10.8. The van der Waals surface area contributed by atoms with Crippen molar-refractivity contribution < 1.29 is 4.79 Å². The average Bonchev–Trinajstić information content (AvgIpc) is 3.26. The number of carbonyl (C=O) groups is 1. The highest BCUT2D eigenvalue weighted by molar-refractivity contribution is 6.00. The highest BCUT2D eigenvalue weighted by Crippen LogP contribution is 2.27. The minimum absolute atomic E-state index is 0.135. The van der Waals surface area contributed by atoms with Gasteiger partial charge in [0, 0.05) is 37.1 Å². The van der Waals surface area contributed by atoms with Crippen LogP contribution in [0.15, 0.2) is 24.5 Å². The molecule has 0 bridgehead atoms. The van der Waals surface area contributed by atoms with Gasteiger partial charge in [0.25, 0.3) is 5.91 Å². The van der Waals surface area contributed by atoms with Crippen molar-refractivity contribution in [3.8, 4) is 0 Å². The van der Waals surface area contributed by atoms with Crippen LogP contribution in [0.3, 0.4) is 0 Å². The Bertz CT molecular complexity index is 703. The smallest absolute Gasteiger partial charge is 0.253 e. The summed E-state index contributed by atoms with van der Waals surface area (Å²) < 4.78 is 0. The van der Waals surface area contributed by atoms with Crippen molar-refractivity contribution in [2.75, 3.05) is 31.1 Å². The molecule has 2 saturated heterocycles. The Kier molecular flexibility index (Phi) is 3.41. The molecule has 1 amide bonds. The van der Waals surface area contributed by atoms with Crippen LogP contribution in [0.2, 0.25) is 0 Å². The topological polar surface area (TPSA) is 49.3 Å². The predicted molar refractivity (Wildman–Crippen MR) is 86.1 cm³/mol. The Morgan fingerprint density at radius 3 is 2.45 bits per heavy atom. The Morgan fingerprint density at radius 2 is 1.68 bits per heavy atom. The highest BCUT2D eigenvalue weighted by atomic mass is 16.2. The molecule has 0 unspecified atom stereocenters. The maximum atomic E-state index is 12.6. The molecule has 1 aromatic heterocycles. The van der Waals surface area contributed by atoms with E-state index in [-0.39, 0.29) is 5.91 Å². The lowest BCUT2D eigenvalue weighted by Gasteiger charge is -2.19. The van der Waals surface area contributed by atoms with Crippen LogP contribution in [0.1, 0.15) is 36.0 Å². The number of hydrogen-bond acceptors (Lipinski definition) is 4. The van der Waals surface area contributed by atoms with Crippen molar-refractivity contribution in [1.29, 1.82) is 0 Å². The van der Waals surface area contributed by atoms with Crippen LogP contribution in [0.4, 0.5) is 5.82 Å². The van der Waals surface area contributed by atoms with Gasteiger partial charge in [-0.05, 0) is 43.9 Å². The summed E-state index contributed by atoms with van der Waals surface area (Å²) in [7, 11) is 0. The Morgan fingerprint density at radius 1 is 0.955 bits per heavy atom. The first-order valence-corrected chi connectivity index (χ1v) is 8.12. The summed E-state index contributed by atoms with van der Waals surface area (Å²) in [6, 6.07) is 5.81. The molecule has 0 N–H and O–H groups in total. The zero-order chi connectivity index (χ0) is 14.9. The van der Waals surface area contributed by atoms with Gasteiger partial charge in [-0.15, -0.1) is 0 Å². The van der Waals surface area contributed by atoms with E-state index in [0.717, 1.165) is 61.3 Å². The molecule has 2 aromatic rings. The Hall–Kier alpha value is -2.17. The van der Waals surface area contributed by atoms with Gasteiger partial charge in [-0.25, -0.2) is 9.97 Å². The fraction of sp³-hybridized carbons (Fsp3) is 0.471. The van der Waals surface area contributed by atoms with Crippen molar-refractivity contribution in [3.63, 3.8) is 0 Å². The summed E-state index contributed by atoms with van der Waals surface area (Å²) in [5.74, 6) is 1.11. The molecule has 5 nitrogen and oxygen atoms in total. The van der Waals surface area contributed by atoms with Crippen LogP contribution in [-0.4, -0.2) is 47.0 Å². The van der Waals surface area contributed by atoms with Crippen molar-refractivity contribution in [3.05, 3.63) is 30.1 Å². The van der Waals surface area contributed by atoms with Gasteiger partial charge in [-0.3, -0.25) is 4.79 Å². The maximum Gasteiger partial charge on any atom is 0.253 e. The molecule has 4 rings (SSSR count). The van der Waals surface area contributed by atoms with Crippen LogP contribution in [0, 0.1) is 0 Å². The molecule has 1 aromatic carbocycles. The summed E-state index contributed by atoms with van der Waals surface area (Å²) in [4.78, 5) is 25.7. The molecule has 0 radical (unpaired) electrons. The standard InChI is InChI=1S/C17H20N4O/c22-17(21-9-3-4-10-21)13-5-6-15-14(11-13)16(19-12-18-15)20-7-1-2-8-20/h5-6,11-12H,1-4,7-10H2. The summed E-state index contributed by atoms with van der Waals surface area (Å²) in [6.07, 6.45) is 6.26. The molecular weight excluding hydrogens is 276 g/mol. The largest absolute Gasteiger partial charge is 0.356 e. The molecule has 3 heterocycles. The van der Waals surface area contributed by atoms with Gasteiger partial charge < -0.3 is 9.80 Å². The number of nitrogens with zero attached hydrogens (tertiary/aromatic N) is 4. The van der Waals surface area contributed by atoms with E-state index in [4.69, 9.17) is 0 Å². The van der Waals surface area contributed by atoms with E-state index >= 15 is 0 Å². The van der Waals surface area contributed by atoms with E-state index in [2.05, 4.69) is 14.9 Å². The zero-order valence-corrected chi connectivity index (χ0v) is 12.7. The monoisotopic (exact) mass is 296 g/mol. The number of benzene rings is 1. The van der Waals surface area contributed by atoms with Crippen LogP contribution < -0.4 is 4.90 Å². The number of likely N-dealkylation sites (tertiary alicyclic amines) is 1. The van der Waals surface area contributed by atoms with Gasteiger partial charge in [0.05, 0.1) is 5.52 Å². The summed E-state index contributed by atoms with van der Waals surface area (Å²) in [5.41, 5.74) is 1.67. The molecule has 2 aliphatic heterocycles. The van der Waals surface area contributed by atoms with Crippen molar-refractivity contribution in [2.45, 2.75) is 25.7 Å². The molecule has 22 heavy (non-hydrogen) atoms. The summed E-state index contributed by atoms with van der Waals surface area (Å²) >= 11 is 0. The van der Waals surface area contributed by atoms with Crippen LogP contribution >= 0.6 is 0 Å². The number of hydrogen-bond donors (Lipinski definition) is 0. The number of carbonyl (C=O) groups excluding carboxylic acids is 1. The van der Waals surface area contributed by atoms with Crippen molar-refractivity contribution >= 4 is 22.6 Å². The third kappa shape index (κ3) is 2.30. The first kappa shape index (κ1) is 13.5. The van der Waals surface area contributed by atoms with Crippen molar-refractivity contribution in [2.24, 2.45) is 0 Å². The van der Waals surface area contributed by atoms with Crippen LogP contribution in [0.5, 0.6) is 0 Å². The first-order valence-electron chi connectivity index (χ1n) is 8.12. The molecular formula is C17H20N4O. The van der Waals surface area contributed by atoms with Gasteiger partial charge in [-0.2, -0.15) is 0 Å². The van der Waals surface area contributed by atoms with E-state index in [1.807, 2.05) is 23.1 Å². The zero-order valence-electron chi connectivity index (χ0n) is 12.7. The number of aromatic nitrogens is 2. The second kappa shape index (κ2) is 5.55. The van der Waals surface area contributed by atoms with E-state index in [1.54, 1.807) is 6.33 Å². The molecule has 0 atom stereocenters. The summed E-state index contributed by atoms with van der Waals surface area (Å²) in [6.45, 7) is 3.83. The quantitative estimate of drug-likeness (QED) is 0.854. The predicted octanol–water partition coefficient (Wildman–Crippen LogP) is 2.47. The normalized spacial score (nSPS) is 18.4. The fourth-order valence-electron chi connectivity index (χ4n) is 3.46. The van der Waals surface area contributed by atoms with E-state index in [9.17, 15) is 4.79 Å². The fourth-order valence-corrected chi connectivity index (χ4v) is 3.46. The van der Waals surface area contributed by atoms with Crippen LogP contribution in [-0.2, 0) is 0 Å². The third-order valence-electron chi connectivity index (χ3n) is 4.66. The maximum absolute atomic E-state index is 12.6. The lowest BCUT2D eigenvalue weighted by molar-refractivity contribution is 0.0793. The van der Waals surface area contributed by atoms with Crippen molar-refractivity contribution in [1.82, 2.24) is 14.9 Å². The minimum atomic E-state index is 0.135. The molecule has 2 aliphatic rings. The van der Waals surface area contributed by atoms with Gasteiger partial charge in [0.1, 0.15) is 12.1 Å². The molecule has 0 saturated carbocycles. The molecule has 5 heteroatoms. The van der Waals surface area contributed by atoms with E-state index in [0.29, 0.717) is 0 Å². The lowest BCUT2D eigenvalue weighted by atomic mass is 10.1. The highest BCUT2D eigenvalue weighted by Gasteiger charge is 2.21. The minimum Gasteiger partial charge on any atom is -0.356 e. The third-order valence-corrected chi connectivity index (χ3v) is 4.66. The SMILES string of the molecule is O=C(c1ccc2ncnc(N3CCCC3)c2c1)N1CCCC1. The van der Waals surface area contributed by atoms with E-state index in [1.165, 1.54) is 12.8 Å². The van der Waals surface area contributed by atoms with Gasteiger partial charge in [0.15, 0.2) is 0 Å². The molecule has 0 aliphatic carbocycles. The molecule has 114 valence electrons. The number of fused-ring (bicyclic) bond motifs is 1. The average molecular weight is 296 g/mol. The van der Waals surface area contributed by atoms with Gasteiger partial charge in [-0.1, -0.05) is 0 Å². The van der Waals surface area contributed by atoms with Crippen LogP contribution in [0.25, 0.3) is 10.9 Å².